The molecule has 6 heteroatoms. The number of carbonyl (C=O) groups excluding carboxylic acids is 1. The van der Waals surface area contributed by atoms with E-state index in [-0.39, 0.29) is 28.9 Å². The highest BCUT2D eigenvalue weighted by Gasteiger charge is 2.31. The lowest BCUT2D eigenvalue weighted by atomic mass is 9.93. The fourth-order valence-corrected chi connectivity index (χ4v) is 4.42. The zero-order chi connectivity index (χ0) is 21.4. The van der Waals surface area contributed by atoms with Crippen LogP contribution in [0.4, 0.5) is 0 Å². The molecule has 0 spiro atoms. The number of aryl methyl sites for hydroxylation is 1. The van der Waals surface area contributed by atoms with E-state index in [1.165, 1.54) is 5.56 Å². The van der Waals surface area contributed by atoms with Gasteiger partial charge in [0.1, 0.15) is 5.56 Å². The Balaban J connectivity index is 1.40. The second kappa shape index (κ2) is 7.96. The number of ether oxygens (including phenoxy) is 1. The van der Waals surface area contributed by atoms with Crippen LogP contribution in [0.5, 0.6) is 0 Å². The normalized spacial score (nSPS) is 18.5. The van der Waals surface area contributed by atoms with Gasteiger partial charge in [0.15, 0.2) is 0 Å². The molecule has 2 aromatic heterocycles. The second-order valence-electron chi connectivity index (χ2n) is 8.07. The van der Waals surface area contributed by atoms with Crippen LogP contribution in [0.3, 0.4) is 0 Å². The summed E-state index contributed by atoms with van der Waals surface area (Å²) in [7, 11) is 1.84. The Bertz CT molecular complexity index is 1340. The minimum Gasteiger partial charge on any atom is -0.379 e. The molecule has 6 nitrogen and oxygen atoms in total. The average molecular weight is 413 g/mol. The predicted molar refractivity (Wildman–Crippen MR) is 120 cm³/mol. The fraction of sp³-hybridized carbons (Fsp3) is 0.240. The number of hydrogen-bond acceptors (Lipinski definition) is 4. The molecule has 0 radical (unpaired) electrons. The number of amides is 1. The molecule has 0 bridgehead atoms. The number of nitrogens with zero attached hydrogens (tertiary/aromatic N) is 2. The minimum absolute atomic E-state index is 0.124. The van der Waals surface area contributed by atoms with Gasteiger partial charge in [0.2, 0.25) is 5.43 Å². The first-order valence-electron chi connectivity index (χ1n) is 10.4. The molecule has 1 aliphatic rings. The largest absolute Gasteiger partial charge is 0.379 e. The average Bonchev–Trinajstić information content (AvgIpc) is 3.23. The van der Waals surface area contributed by atoms with E-state index in [4.69, 9.17) is 4.74 Å². The fourth-order valence-electron chi connectivity index (χ4n) is 4.42. The van der Waals surface area contributed by atoms with Gasteiger partial charge < -0.3 is 14.6 Å². The molecule has 1 aliphatic heterocycles. The van der Waals surface area contributed by atoms with E-state index in [1.807, 2.05) is 60.3 Å². The second-order valence-corrected chi connectivity index (χ2v) is 8.07. The standard InChI is InChI=1S/C25H23N3O3/c1-28-13-20(24(29)19-7-3-5-9-23(19)28)25(30)27-22-15-31-14-17(22)12-16-10-11-26-21-8-4-2-6-18(16)21/h2-11,13,17,22H,12,14-15H2,1H3,(H,27,30)/t17-,22-/m1/s1. The maximum absolute atomic E-state index is 13.0. The lowest BCUT2D eigenvalue weighted by molar-refractivity contribution is 0.0923. The Kier molecular flexibility index (Phi) is 5.00. The number of nitrogens with one attached hydrogen (secondary N) is 1. The third-order valence-electron chi connectivity index (χ3n) is 6.08. The summed E-state index contributed by atoms with van der Waals surface area (Å²) in [5.41, 5.74) is 2.85. The number of fused-ring (bicyclic) bond motifs is 2. The van der Waals surface area contributed by atoms with E-state index in [2.05, 4.69) is 16.4 Å². The van der Waals surface area contributed by atoms with Gasteiger partial charge in [-0.3, -0.25) is 14.6 Å². The molecule has 0 saturated carbocycles. The SMILES string of the molecule is Cn1cc(C(=O)N[C@@H]2COC[C@H]2Cc2ccnc3ccccc23)c(=O)c2ccccc21. The molecule has 4 aromatic rings. The number of hydrogen-bond donors (Lipinski definition) is 1. The van der Waals surface area contributed by atoms with E-state index in [1.54, 1.807) is 12.3 Å². The van der Waals surface area contributed by atoms with Crippen molar-refractivity contribution in [2.24, 2.45) is 13.0 Å². The highest BCUT2D eigenvalue weighted by molar-refractivity contribution is 5.97. The molecule has 2 atom stereocenters. The number of para-hydroxylation sites is 2. The van der Waals surface area contributed by atoms with E-state index in [9.17, 15) is 9.59 Å². The van der Waals surface area contributed by atoms with Gasteiger partial charge in [0.25, 0.3) is 5.91 Å². The van der Waals surface area contributed by atoms with Crippen molar-refractivity contribution >= 4 is 27.7 Å². The molecular formula is C25H23N3O3. The first-order chi connectivity index (χ1) is 15.1. The van der Waals surface area contributed by atoms with Gasteiger partial charge >= 0.3 is 0 Å². The van der Waals surface area contributed by atoms with Crippen LogP contribution in [0.15, 0.2) is 71.8 Å². The summed E-state index contributed by atoms with van der Waals surface area (Å²) in [6, 6.07) is 17.2. The van der Waals surface area contributed by atoms with Crippen LogP contribution in [0, 0.1) is 5.92 Å². The predicted octanol–water partition coefficient (Wildman–Crippen LogP) is 3.07. The number of pyridine rings is 2. The quantitative estimate of drug-likeness (QED) is 0.558. The molecule has 2 aromatic carbocycles. The van der Waals surface area contributed by atoms with Crippen LogP contribution in [0.1, 0.15) is 15.9 Å². The lowest BCUT2D eigenvalue weighted by Gasteiger charge is -2.20. The van der Waals surface area contributed by atoms with Crippen LogP contribution in [-0.4, -0.2) is 34.7 Å². The maximum Gasteiger partial charge on any atom is 0.257 e. The van der Waals surface area contributed by atoms with Gasteiger partial charge in [-0.05, 0) is 36.2 Å². The first kappa shape index (κ1) is 19.5. The van der Waals surface area contributed by atoms with Crippen LogP contribution in [0.2, 0.25) is 0 Å². The molecule has 1 saturated heterocycles. The summed E-state index contributed by atoms with van der Waals surface area (Å²) >= 11 is 0. The molecule has 1 amide bonds. The van der Waals surface area contributed by atoms with Crippen LogP contribution in [0.25, 0.3) is 21.8 Å². The van der Waals surface area contributed by atoms with Crippen molar-refractivity contribution < 1.29 is 9.53 Å². The van der Waals surface area contributed by atoms with Gasteiger partial charge in [-0.15, -0.1) is 0 Å². The van der Waals surface area contributed by atoms with E-state index < -0.39 is 0 Å². The Morgan fingerprint density at radius 1 is 1.10 bits per heavy atom. The van der Waals surface area contributed by atoms with Gasteiger partial charge in [0, 0.05) is 36.1 Å². The van der Waals surface area contributed by atoms with Gasteiger partial charge in [-0.2, -0.15) is 0 Å². The van der Waals surface area contributed by atoms with Crippen molar-refractivity contribution in [1.29, 1.82) is 0 Å². The van der Waals surface area contributed by atoms with Crippen molar-refractivity contribution in [2.75, 3.05) is 13.2 Å². The van der Waals surface area contributed by atoms with Crippen LogP contribution in [-0.2, 0) is 18.2 Å². The van der Waals surface area contributed by atoms with Crippen molar-refractivity contribution in [3.63, 3.8) is 0 Å². The number of aromatic nitrogens is 2. The monoisotopic (exact) mass is 413 g/mol. The Morgan fingerprint density at radius 2 is 1.87 bits per heavy atom. The Hall–Kier alpha value is -3.51. The zero-order valence-corrected chi connectivity index (χ0v) is 17.2. The Labute approximate surface area is 179 Å². The van der Waals surface area contributed by atoms with E-state index >= 15 is 0 Å². The van der Waals surface area contributed by atoms with Gasteiger partial charge in [-0.25, -0.2) is 0 Å². The molecule has 0 unspecified atom stereocenters. The summed E-state index contributed by atoms with van der Waals surface area (Å²) in [6.45, 7) is 1.00. The van der Waals surface area contributed by atoms with Crippen molar-refractivity contribution in [3.8, 4) is 0 Å². The van der Waals surface area contributed by atoms with Gasteiger partial charge in [-0.1, -0.05) is 30.3 Å². The van der Waals surface area contributed by atoms with Crippen molar-refractivity contribution in [1.82, 2.24) is 14.9 Å². The summed E-state index contributed by atoms with van der Waals surface area (Å²) < 4.78 is 7.52. The molecule has 156 valence electrons. The molecule has 5 rings (SSSR count). The molecule has 1 fully saturated rings. The molecule has 1 N–H and O–H groups in total. The molecule has 0 aliphatic carbocycles. The number of rotatable bonds is 4. The third-order valence-corrected chi connectivity index (χ3v) is 6.08. The summed E-state index contributed by atoms with van der Waals surface area (Å²) in [6.07, 6.45) is 4.20. The maximum atomic E-state index is 13.0. The van der Waals surface area contributed by atoms with Crippen LogP contribution >= 0.6 is 0 Å². The molecule has 31 heavy (non-hydrogen) atoms. The summed E-state index contributed by atoms with van der Waals surface area (Å²) in [5, 5.41) is 4.71. The lowest BCUT2D eigenvalue weighted by Crippen LogP contribution is -2.42. The highest BCUT2D eigenvalue weighted by Crippen LogP contribution is 2.24. The Morgan fingerprint density at radius 3 is 2.74 bits per heavy atom. The van der Waals surface area contributed by atoms with E-state index in [0.717, 1.165) is 22.8 Å². The van der Waals surface area contributed by atoms with Crippen molar-refractivity contribution in [3.05, 3.63) is 88.3 Å². The highest BCUT2D eigenvalue weighted by atomic mass is 16.5. The number of benzene rings is 2. The third kappa shape index (κ3) is 3.59. The smallest absolute Gasteiger partial charge is 0.257 e. The molecule has 3 heterocycles. The number of carbonyl (C=O) groups is 1. The summed E-state index contributed by atoms with van der Waals surface area (Å²) in [5.74, 6) is -0.231. The minimum atomic E-state index is -0.355. The van der Waals surface area contributed by atoms with Crippen molar-refractivity contribution in [2.45, 2.75) is 12.5 Å². The van der Waals surface area contributed by atoms with Gasteiger partial charge in [0.05, 0.1) is 30.3 Å². The topological polar surface area (TPSA) is 73.2 Å². The zero-order valence-electron chi connectivity index (χ0n) is 17.2. The van der Waals surface area contributed by atoms with Crippen LogP contribution < -0.4 is 10.7 Å². The van der Waals surface area contributed by atoms with E-state index in [0.29, 0.717) is 18.6 Å². The molecular weight excluding hydrogens is 390 g/mol. The summed E-state index contributed by atoms with van der Waals surface area (Å²) in [4.78, 5) is 30.4. The first-order valence-corrected chi connectivity index (χ1v) is 10.4.